The average molecular weight is 231 g/mol. The van der Waals surface area contributed by atoms with Crippen molar-refractivity contribution in [3.05, 3.63) is 30.1 Å². The van der Waals surface area contributed by atoms with Crippen LogP contribution in [0.25, 0.3) is 0 Å². The van der Waals surface area contributed by atoms with E-state index in [0.717, 1.165) is 5.56 Å². The highest BCUT2D eigenvalue weighted by Crippen LogP contribution is 2.24. The number of thiol groups is 1. The van der Waals surface area contributed by atoms with Gasteiger partial charge in [-0.2, -0.15) is 12.6 Å². The summed E-state index contributed by atoms with van der Waals surface area (Å²) in [6, 6.07) is 3.38. The van der Waals surface area contributed by atoms with Crippen molar-refractivity contribution in [1.82, 2.24) is 4.98 Å². The van der Waals surface area contributed by atoms with Crippen molar-refractivity contribution in [2.75, 3.05) is 0 Å². The monoisotopic (exact) mass is 231 g/mol. The fourth-order valence-corrected chi connectivity index (χ4v) is 2.05. The molecule has 0 radical (unpaired) electrons. The third-order valence-electron chi connectivity index (χ3n) is 1.87. The van der Waals surface area contributed by atoms with Crippen LogP contribution in [0.5, 0.6) is 0 Å². The van der Waals surface area contributed by atoms with E-state index in [1.807, 2.05) is 0 Å². The molecule has 14 heavy (non-hydrogen) atoms. The Labute approximate surface area is 89.9 Å². The van der Waals surface area contributed by atoms with Crippen LogP contribution in [-0.4, -0.2) is 17.5 Å². The van der Waals surface area contributed by atoms with Crippen molar-refractivity contribution in [1.29, 1.82) is 0 Å². The maximum Gasteiger partial charge on any atom is 0.168 e. The molecule has 0 aliphatic rings. The molecule has 0 fully saturated rings. The molecule has 0 aliphatic heterocycles. The molecule has 0 bridgehead atoms. The largest absolute Gasteiger partial charge is 0.265 e. The molecule has 0 saturated heterocycles. The van der Waals surface area contributed by atoms with Gasteiger partial charge in [0.15, 0.2) is 9.84 Å². The van der Waals surface area contributed by atoms with E-state index < -0.39 is 13.9 Å². The lowest BCUT2D eigenvalue weighted by Crippen LogP contribution is -2.26. The quantitative estimate of drug-likeness (QED) is 0.805. The van der Waals surface area contributed by atoms with Crippen LogP contribution in [0.15, 0.2) is 24.5 Å². The van der Waals surface area contributed by atoms with Crippen molar-refractivity contribution in [3.8, 4) is 0 Å². The maximum absolute atomic E-state index is 11.7. The molecule has 0 atom stereocenters. The molecule has 0 spiro atoms. The number of hydrogen-bond acceptors (Lipinski definition) is 4. The lowest BCUT2D eigenvalue weighted by molar-refractivity contribution is 0.582. The van der Waals surface area contributed by atoms with E-state index in [0.29, 0.717) is 0 Å². The molecule has 0 amide bonds. The Balaban J connectivity index is 2.91. The highest BCUT2D eigenvalue weighted by atomic mass is 32.2. The van der Waals surface area contributed by atoms with Crippen molar-refractivity contribution < 1.29 is 8.42 Å². The summed E-state index contributed by atoms with van der Waals surface area (Å²) in [5.41, 5.74) is 0.738. The topological polar surface area (TPSA) is 47.0 Å². The van der Waals surface area contributed by atoms with Gasteiger partial charge in [0.25, 0.3) is 0 Å². The first-order chi connectivity index (χ1) is 6.33. The van der Waals surface area contributed by atoms with Gasteiger partial charge in [0.05, 0.1) is 5.75 Å². The number of pyridine rings is 1. The van der Waals surface area contributed by atoms with Gasteiger partial charge in [-0.3, -0.25) is 4.98 Å². The number of hydrogen-bond donors (Lipinski definition) is 1. The summed E-state index contributed by atoms with van der Waals surface area (Å²) in [4.78, 5) is 3.82. The van der Waals surface area contributed by atoms with Crippen LogP contribution >= 0.6 is 12.6 Å². The molecule has 0 unspecified atom stereocenters. The second-order valence-corrected chi connectivity index (χ2v) is 7.52. The summed E-state index contributed by atoms with van der Waals surface area (Å²) in [5, 5.41) is 0. The van der Waals surface area contributed by atoms with E-state index in [1.165, 1.54) is 0 Å². The zero-order chi connectivity index (χ0) is 10.8. The summed E-state index contributed by atoms with van der Waals surface area (Å²) >= 11 is 4.06. The number of aromatic nitrogens is 1. The fraction of sp³-hybridized carbons (Fsp3) is 0.444. The van der Waals surface area contributed by atoms with Gasteiger partial charge in [-0.05, 0) is 31.5 Å². The van der Waals surface area contributed by atoms with E-state index >= 15 is 0 Å². The predicted molar refractivity (Wildman–Crippen MR) is 59.9 cm³/mol. The van der Waals surface area contributed by atoms with Crippen LogP contribution in [-0.2, 0) is 15.6 Å². The minimum Gasteiger partial charge on any atom is -0.265 e. The van der Waals surface area contributed by atoms with Gasteiger partial charge < -0.3 is 0 Å². The zero-order valence-corrected chi connectivity index (χ0v) is 9.85. The second-order valence-electron chi connectivity index (χ2n) is 3.56. The number of nitrogens with zero attached hydrogens (tertiary/aromatic N) is 1. The van der Waals surface area contributed by atoms with Crippen molar-refractivity contribution >= 4 is 22.5 Å². The molecule has 5 heteroatoms. The van der Waals surface area contributed by atoms with E-state index in [1.54, 1.807) is 38.4 Å². The van der Waals surface area contributed by atoms with Crippen LogP contribution in [0.3, 0.4) is 0 Å². The Morgan fingerprint density at radius 2 is 1.86 bits per heavy atom. The number of sulfone groups is 1. The van der Waals surface area contributed by atoms with E-state index in [9.17, 15) is 8.42 Å². The average Bonchev–Trinajstić information content (AvgIpc) is 2.03. The van der Waals surface area contributed by atoms with Crippen LogP contribution in [0.4, 0.5) is 0 Å². The molecule has 0 N–H and O–H groups in total. The van der Waals surface area contributed by atoms with Crippen LogP contribution in [0.1, 0.15) is 19.4 Å². The molecular weight excluding hydrogens is 218 g/mol. The third-order valence-corrected chi connectivity index (χ3v) is 4.94. The summed E-state index contributed by atoms with van der Waals surface area (Å²) in [6.07, 6.45) is 3.16. The fourth-order valence-electron chi connectivity index (χ4n) is 0.875. The van der Waals surface area contributed by atoms with Crippen molar-refractivity contribution in [3.63, 3.8) is 0 Å². The van der Waals surface area contributed by atoms with E-state index in [4.69, 9.17) is 0 Å². The Morgan fingerprint density at radius 3 is 2.29 bits per heavy atom. The lowest BCUT2D eigenvalue weighted by atomic mass is 10.3. The smallest absolute Gasteiger partial charge is 0.168 e. The molecule has 1 heterocycles. The molecule has 1 aromatic rings. The molecule has 3 nitrogen and oxygen atoms in total. The number of rotatable bonds is 3. The molecule has 78 valence electrons. The van der Waals surface area contributed by atoms with Gasteiger partial charge in [-0.15, -0.1) is 0 Å². The first kappa shape index (κ1) is 11.5. The minimum atomic E-state index is -3.21. The SMILES string of the molecule is CC(C)(S)S(=O)(=O)Cc1ccncc1. The molecule has 1 rings (SSSR count). The normalized spacial score (nSPS) is 12.8. The Morgan fingerprint density at radius 1 is 1.36 bits per heavy atom. The maximum atomic E-state index is 11.7. The van der Waals surface area contributed by atoms with Crippen molar-refractivity contribution in [2.24, 2.45) is 0 Å². The molecule has 0 aromatic carbocycles. The highest BCUT2D eigenvalue weighted by Gasteiger charge is 2.29. The Bertz CT molecular complexity index is 393. The molecule has 0 aliphatic carbocycles. The van der Waals surface area contributed by atoms with Gasteiger partial charge in [-0.25, -0.2) is 8.42 Å². The van der Waals surface area contributed by atoms with Crippen LogP contribution in [0, 0.1) is 0 Å². The molecule has 1 aromatic heterocycles. The molecular formula is C9H13NO2S2. The Kier molecular flexibility index (Phi) is 3.21. The van der Waals surface area contributed by atoms with Gasteiger partial charge in [-0.1, -0.05) is 0 Å². The van der Waals surface area contributed by atoms with Gasteiger partial charge in [0.1, 0.15) is 4.08 Å². The Hall–Kier alpha value is -0.550. The van der Waals surface area contributed by atoms with Crippen molar-refractivity contribution in [2.45, 2.75) is 23.7 Å². The van der Waals surface area contributed by atoms with Crippen LogP contribution < -0.4 is 0 Å². The van der Waals surface area contributed by atoms with Gasteiger partial charge in [0, 0.05) is 12.4 Å². The standard InChI is InChI=1S/C9H13NO2S2/c1-9(2,13)14(11,12)7-8-3-5-10-6-4-8/h3-6,13H,7H2,1-2H3. The minimum absolute atomic E-state index is 0.00597. The van der Waals surface area contributed by atoms with Gasteiger partial charge >= 0.3 is 0 Å². The first-order valence-electron chi connectivity index (χ1n) is 4.16. The lowest BCUT2D eigenvalue weighted by Gasteiger charge is -2.17. The first-order valence-corrected chi connectivity index (χ1v) is 6.26. The van der Waals surface area contributed by atoms with E-state index in [-0.39, 0.29) is 5.75 Å². The predicted octanol–water partition coefficient (Wildman–Crippen LogP) is 1.66. The zero-order valence-electron chi connectivity index (χ0n) is 8.14. The highest BCUT2D eigenvalue weighted by molar-refractivity contribution is 8.05. The van der Waals surface area contributed by atoms with Gasteiger partial charge in [0.2, 0.25) is 0 Å². The summed E-state index contributed by atoms with van der Waals surface area (Å²) in [6.45, 7) is 3.15. The second kappa shape index (κ2) is 3.90. The molecule has 0 saturated carbocycles. The third kappa shape index (κ3) is 2.72. The van der Waals surface area contributed by atoms with Crippen LogP contribution in [0.2, 0.25) is 0 Å². The summed E-state index contributed by atoms with van der Waals surface area (Å²) < 4.78 is 22.4. The van der Waals surface area contributed by atoms with E-state index in [2.05, 4.69) is 17.6 Å². The summed E-state index contributed by atoms with van der Waals surface area (Å²) in [7, 11) is -3.21. The summed E-state index contributed by atoms with van der Waals surface area (Å²) in [5.74, 6) is 0.00597.